The normalized spacial score (nSPS) is 12.7. The van der Waals surface area contributed by atoms with Crippen molar-refractivity contribution in [1.82, 2.24) is 10.2 Å². The molecular weight excluding hydrogens is 485 g/mol. The fourth-order valence-electron chi connectivity index (χ4n) is 3.09. The highest BCUT2D eigenvalue weighted by Gasteiger charge is 2.31. The molecule has 0 heterocycles. The number of hydrogen-bond donors (Lipinski definition) is 1. The second kappa shape index (κ2) is 10.8. The van der Waals surface area contributed by atoms with Crippen LogP contribution in [-0.4, -0.2) is 49.5 Å². The Morgan fingerprint density at radius 1 is 1.03 bits per heavy atom. The molecule has 0 aliphatic carbocycles. The van der Waals surface area contributed by atoms with Gasteiger partial charge in [-0.2, -0.15) is 0 Å². The van der Waals surface area contributed by atoms with E-state index in [0.717, 1.165) is 10.6 Å². The first-order valence-corrected chi connectivity index (χ1v) is 12.9. The molecule has 0 aromatic heterocycles. The largest absolute Gasteiger partial charge is 0.350 e. The zero-order valence-corrected chi connectivity index (χ0v) is 21.6. The van der Waals surface area contributed by atoms with Crippen LogP contribution in [0.25, 0.3) is 0 Å². The summed E-state index contributed by atoms with van der Waals surface area (Å²) in [6.45, 7) is 6.66. The van der Waals surface area contributed by atoms with Gasteiger partial charge in [0.25, 0.3) is 0 Å². The molecule has 0 saturated heterocycles. The van der Waals surface area contributed by atoms with Crippen LogP contribution in [0.15, 0.2) is 48.5 Å². The van der Waals surface area contributed by atoms with Crippen LogP contribution < -0.4 is 9.62 Å². The predicted molar refractivity (Wildman–Crippen MR) is 133 cm³/mol. The zero-order valence-electron chi connectivity index (χ0n) is 19.3. The van der Waals surface area contributed by atoms with Gasteiger partial charge in [-0.1, -0.05) is 41.4 Å². The number of rotatable bonds is 8. The standard InChI is InChI=1S/C23H29Cl2N3O4S/c1-16(22(30)26-23(2,3)4)27(14-17-8-6-7-9-20(17)25)21(29)15-28(33(5,31)32)19-12-10-18(24)11-13-19/h6-13,16H,14-15H2,1-5H3,(H,26,30)/t16-/m1/s1. The van der Waals surface area contributed by atoms with Gasteiger partial charge >= 0.3 is 0 Å². The number of anilines is 1. The Morgan fingerprint density at radius 2 is 1.61 bits per heavy atom. The highest BCUT2D eigenvalue weighted by Crippen LogP contribution is 2.23. The molecule has 2 amide bonds. The third kappa shape index (κ3) is 7.91. The van der Waals surface area contributed by atoms with E-state index in [0.29, 0.717) is 21.3 Å². The third-order valence-corrected chi connectivity index (χ3v) is 6.52. The molecule has 2 aromatic carbocycles. The van der Waals surface area contributed by atoms with Gasteiger partial charge in [0.05, 0.1) is 11.9 Å². The number of nitrogens with zero attached hydrogens (tertiary/aromatic N) is 2. The highest BCUT2D eigenvalue weighted by atomic mass is 35.5. The lowest BCUT2D eigenvalue weighted by Gasteiger charge is -2.33. The minimum Gasteiger partial charge on any atom is -0.350 e. The minimum absolute atomic E-state index is 0.0372. The van der Waals surface area contributed by atoms with E-state index in [9.17, 15) is 18.0 Å². The van der Waals surface area contributed by atoms with Crippen molar-refractivity contribution in [3.8, 4) is 0 Å². The van der Waals surface area contributed by atoms with E-state index in [1.165, 1.54) is 17.0 Å². The number of nitrogens with one attached hydrogen (secondary N) is 1. The second-order valence-corrected chi connectivity index (χ2v) is 11.5. The average Bonchev–Trinajstić information content (AvgIpc) is 2.69. The predicted octanol–water partition coefficient (Wildman–Crippen LogP) is 4.09. The van der Waals surface area contributed by atoms with Gasteiger partial charge in [-0.15, -0.1) is 0 Å². The van der Waals surface area contributed by atoms with Crippen LogP contribution in [0.1, 0.15) is 33.3 Å². The molecule has 180 valence electrons. The fourth-order valence-corrected chi connectivity index (χ4v) is 4.26. The van der Waals surface area contributed by atoms with Gasteiger partial charge in [0.15, 0.2) is 0 Å². The van der Waals surface area contributed by atoms with Crippen molar-refractivity contribution in [2.45, 2.75) is 45.8 Å². The Hall–Kier alpha value is -2.29. The topological polar surface area (TPSA) is 86.8 Å². The molecule has 0 spiro atoms. The van der Waals surface area contributed by atoms with E-state index < -0.39 is 34.1 Å². The second-order valence-electron chi connectivity index (χ2n) is 8.77. The molecule has 0 aliphatic rings. The van der Waals surface area contributed by atoms with Crippen molar-refractivity contribution >= 4 is 50.7 Å². The van der Waals surface area contributed by atoms with Crippen molar-refractivity contribution in [3.05, 3.63) is 64.1 Å². The van der Waals surface area contributed by atoms with E-state index in [4.69, 9.17) is 23.2 Å². The number of halogens is 2. The Kier molecular flexibility index (Phi) is 8.79. The molecular formula is C23H29Cl2N3O4S. The van der Waals surface area contributed by atoms with E-state index >= 15 is 0 Å². The molecule has 0 bridgehead atoms. The highest BCUT2D eigenvalue weighted by molar-refractivity contribution is 7.92. The molecule has 0 saturated carbocycles. The molecule has 33 heavy (non-hydrogen) atoms. The summed E-state index contributed by atoms with van der Waals surface area (Å²) in [4.78, 5) is 27.7. The van der Waals surface area contributed by atoms with Gasteiger partial charge in [0.1, 0.15) is 12.6 Å². The Labute approximate surface area is 205 Å². The van der Waals surface area contributed by atoms with Gasteiger partial charge in [-0.3, -0.25) is 13.9 Å². The number of hydrogen-bond acceptors (Lipinski definition) is 4. The maximum Gasteiger partial charge on any atom is 0.244 e. The molecule has 2 aromatic rings. The van der Waals surface area contributed by atoms with Crippen molar-refractivity contribution < 1.29 is 18.0 Å². The van der Waals surface area contributed by atoms with E-state index in [2.05, 4.69) is 5.32 Å². The summed E-state index contributed by atoms with van der Waals surface area (Å²) in [5.41, 5.74) is 0.423. The van der Waals surface area contributed by atoms with Gasteiger partial charge < -0.3 is 10.2 Å². The fraction of sp³-hybridized carbons (Fsp3) is 0.391. The lowest BCUT2D eigenvalue weighted by Crippen LogP contribution is -2.54. The number of benzene rings is 2. The first-order valence-electron chi connectivity index (χ1n) is 10.3. The monoisotopic (exact) mass is 513 g/mol. The zero-order chi connectivity index (χ0) is 25.0. The first kappa shape index (κ1) is 27.0. The number of carbonyl (C=O) groups excluding carboxylic acids is 2. The van der Waals surface area contributed by atoms with Gasteiger partial charge in [-0.25, -0.2) is 8.42 Å². The lowest BCUT2D eigenvalue weighted by atomic mass is 10.1. The van der Waals surface area contributed by atoms with E-state index in [-0.39, 0.29) is 12.5 Å². The van der Waals surface area contributed by atoms with Crippen molar-refractivity contribution in [2.75, 3.05) is 17.1 Å². The SMILES string of the molecule is C[C@H](C(=O)NC(C)(C)C)N(Cc1ccccc1Cl)C(=O)CN(c1ccc(Cl)cc1)S(C)(=O)=O. The first-order chi connectivity index (χ1) is 15.2. The van der Waals surface area contributed by atoms with Crippen LogP contribution in [0.4, 0.5) is 5.69 Å². The average molecular weight is 514 g/mol. The molecule has 0 fully saturated rings. The van der Waals surface area contributed by atoms with Crippen LogP contribution in [0.2, 0.25) is 10.0 Å². The summed E-state index contributed by atoms with van der Waals surface area (Å²) >= 11 is 12.2. The molecule has 1 N–H and O–H groups in total. The summed E-state index contributed by atoms with van der Waals surface area (Å²) in [7, 11) is -3.80. The molecule has 0 aliphatic heterocycles. The van der Waals surface area contributed by atoms with Crippen LogP contribution in [0.5, 0.6) is 0 Å². The minimum atomic E-state index is -3.80. The van der Waals surface area contributed by atoms with Gasteiger partial charge in [0.2, 0.25) is 21.8 Å². The van der Waals surface area contributed by atoms with Crippen LogP contribution in [0, 0.1) is 0 Å². The van der Waals surface area contributed by atoms with Crippen molar-refractivity contribution in [2.24, 2.45) is 0 Å². The van der Waals surface area contributed by atoms with Crippen molar-refractivity contribution in [1.29, 1.82) is 0 Å². The van der Waals surface area contributed by atoms with Crippen LogP contribution in [0.3, 0.4) is 0 Å². The smallest absolute Gasteiger partial charge is 0.244 e. The van der Waals surface area contributed by atoms with Crippen LogP contribution >= 0.6 is 23.2 Å². The summed E-state index contributed by atoms with van der Waals surface area (Å²) in [5, 5.41) is 3.74. The molecule has 1 atom stereocenters. The van der Waals surface area contributed by atoms with E-state index in [1.807, 2.05) is 20.8 Å². The molecule has 2 rings (SSSR count). The molecule has 7 nitrogen and oxygen atoms in total. The molecule has 0 radical (unpaired) electrons. The summed E-state index contributed by atoms with van der Waals surface area (Å²) in [6.07, 6.45) is 1.02. The van der Waals surface area contributed by atoms with Crippen molar-refractivity contribution in [3.63, 3.8) is 0 Å². The van der Waals surface area contributed by atoms with Crippen LogP contribution in [-0.2, 0) is 26.2 Å². The molecule has 0 unspecified atom stereocenters. The molecule has 10 heteroatoms. The van der Waals surface area contributed by atoms with E-state index in [1.54, 1.807) is 43.3 Å². The quantitative estimate of drug-likeness (QED) is 0.575. The maximum atomic E-state index is 13.4. The maximum absolute atomic E-state index is 13.4. The number of carbonyl (C=O) groups is 2. The van der Waals surface area contributed by atoms with Gasteiger partial charge in [0, 0.05) is 22.1 Å². The summed E-state index contributed by atoms with van der Waals surface area (Å²) < 4.78 is 26.0. The summed E-state index contributed by atoms with van der Waals surface area (Å²) in [6, 6.07) is 12.2. The Bertz CT molecular complexity index is 1100. The third-order valence-electron chi connectivity index (χ3n) is 4.76. The van der Waals surface area contributed by atoms with Gasteiger partial charge in [-0.05, 0) is 63.6 Å². The number of amides is 2. The number of sulfonamides is 1. The lowest BCUT2D eigenvalue weighted by molar-refractivity contribution is -0.140. The Balaban J connectivity index is 2.41. The summed E-state index contributed by atoms with van der Waals surface area (Å²) in [5.74, 6) is -0.910. The Morgan fingerprint density at radius 3 is 2.12 bits per heavy atom.